The zero-order chi connectivity index (χ0) is 18.9. The van der Waals surface area contributed by atoms with Crippen molar-refractivity contribution in [3.63, 3.8) is 0 Å². The lowest BCUT2D eigenvalue weighted by Gasteiger charge is -2.41. The summed E-state index contributed by atoms with van der Waals surface area (Å²) in [6, 6.07) is 17.5. The number of anilines is 1. The molecule has 0 spiro atoms. The molecule has 1 aromatic heterocycles. The van der Waals surface area contributed by atoms with Gasteiger partial charge in [-0.3, -0.25) is 0 Å². The van der Waals surface area contributed by atoms with Crippen LogP contribution in [0.2, 0.25) is 0 Å². The van der Waals surface area contributed by atoms with E-state index >= 15 is 0 Å². The Labute approximate surface area is 162 Å². The summed E-state index contributed by atoms with van der Waals surface area (Å²) >= 11 is 1.59. The molecule has 2 aromatic carbocycles. The number of ether oxygens (including phenoxy) is 1. The molecule has 0 saturated carbocycles. The number of nitriles is 1. The SMILES string of the molecule is CC1(CO)CN(Cc2csc(-c3ccc(C#N)cc3)n2)c2ccccc2O1. The van der Waals surface area contributed by atoms with Crippen LogP contribution in [0.1, 0.15) is 18.2 Å². The summed E-state index contributed by atoms with van der Waals surface area (Å²) in [7, 11) is 0. The van der Waals surface area contributed by atoms with E-state index in [0.29, 0.717) is 18.7 Å². The molecule has 3 aromatic rings. The van der Waals surface area contributed by atoms with Gasteiger partial charge in [0.05, 0.1) is 42.7 Å². The van der Waals surface area contributed by atoms with Gasteiger partial charge in [0, 0.05) is 10.9 Å². The van der Waals surface area contributed by atoms with E-state index in [1.165, 1.54) is 0 Å². The van der Waals surface area contributed by atoms with Gasteiger partial charge in [0.25, 0.3) is 0 Å². The highest BCUT2D eigenvalue weighted by molar-refractivity contribution is 7.13. The molecule has 5 nitrogen and oxygen atoms in total. The number of aliphatic hydroxyl groups excluding tert-OH is 1. The monoisotopic (exact) mass is 377 g/mol. The molecule has 1 atom stereocenters. The van der Waals surface area contributed by atoms with Gasteiger partial charge in [0.1, 0.15) is 16.4 Å². The summed E-state index contributed by atoms with van der Waals surface area (Å²) < 4.78 is 6.00. The molecule has 1 unspecified atom stereocenters. The lowest BCUT2D eigenvalue weighted by Crippen LogP contribution is -2.51. The molecule has 136 valence electrons. The van der Waals surface area contributed by atoms with Gasteiger partial charge in [-0.05, 0) is 31.2 Å². The molecule has 27 heavy (non-hydrogen) atoms. The Kier molecular flexibility index (Phi) is 4.56. The summed E-state index contributed by atoms with van der Waals surface area (Å²) in [5.74, 6) is 0.780. The average molecular weight is 377 g/mol. The van der Waals surface area contributed by atoms with E-state index < -0.39 is 5.60 Å². The highest BCUT2D eigenvalue weighted by Crippen LogP contribution is 2.37. The van der Waals surface area contributed by atoms with Crippen molar-refractivity contribution in [1.82, 2.24) is 4.98 Å². The van der Waals surface area contributed by atoms with E-state index in [9.17, 15) is 5.11 Å². The number of hydrogen-bond donors (Lipinski definition) is 1. The molecule has 1 aliphatic heterocycles. The molecule has 6 heteroatoms. The van der Waals surface area contributed by atoms with Gasteiger partial charge in [-0.1, -0.05) is 24.3 Å². The maximum absolute atomic E-state index is 9.77. The van der Waals surface area contributed by atoms with Crippen LogP contribution in [-0.4, -0.2) is 28.8 Å². The second-order valence-electron chi connectivity index (χ2n) is 6.87. The van der Waals surface area contributed by atoms with E-state index in [1.54, 1.807) is 23.5 Å². The third-order valence-corrected chi connectivity index (χ3v) is 5.53. The van der Waals surface area contributed by atoms with Crippen molar-refractivity contribution < 1.29 is 9.84 Å². The van der Waals surface area contributed by atoms with Crippen molar-refractivity contribution in [3.8, 4) is 22.4 Å². The maximum Gasteiger partial charge on any atom is 0.147 e. The fourth-order valence-corrected chi connectivity index (χ4v) is 4.03. The summed E-state index contributed by atoms with van der Waals surface area (Å²) in [5, 5.41) is 21.7. The van der Waals surface area contributed by atoms with E-state index in [-0.39, 0.29) is 6.61 Å². The molecule has 0 saturated heterocycles. The number of fused-ring (bicyclic) bond motifs is 1. The molecule has 2 heterocycles. The highest BCUT2D eigenvalue weighted by atomic mass is 32.1. The number of aliphatic hydroxyl groups is 1. The van der Waals surface area contributed by atoms with Crippen LogP contribution in [0.3, 0.4) is 0 Å². The topological polar surface area (TPSA) is 69.4 Å². The molecule has 1 aliphatic rings. The first-order valence-corrected chi connectivity index (χ1v) is 9.57. The van der Waals surface area contributed by atoms with E-state index in [1.807, 2.05) is 43.3 Å². The number of hydrogen-bond acceptors (Lipinski definition) is 6. The van der Waals surface area contributed by atoms with Gasteiger partial charge < -0.3 is 14.7 Å². The van der Waals surface area contributed by atoms with Gasteiger partial charge in [-0.2, -0.15) is 5.26 Å². The van der Waals surface area contributed by atoms with Crippen molar-refractivity contribution in [2.24, 2.45) is 0 Å². The van der Waals surface area contributed by atoms with Gasteiger partial charge in [-0.15, -0.1) is 11.3 Å². The third kappa shape index (κ3) is 3.52. The van der Waals surface area contributed by atoms with Crippen LogP contribution in [0.5, 0.6) is 5.75 Å². The van der Waals surface area contributed by atoms with Gasteiger partial charge in [0.2, 0.25) is 0 Å². The summed E-state index contributed by atoms with van der Waals surface area (Å²) in [6.07, 6.45) is 0. The predicted octanol–water partition coefficient (Wildman–Crippen LogP) is 3.83. The Morgan fingerprint density at radius 2 is 2.04 bits per heavy atom. The van der Waals surface area contributed by atoms with Crippen molar-refractivity contribution in [2.75, 3.05) is 18.1 Å². The Bertz CT molecular complexity index is 993. The lowest BCUT2D eigenvalue weighted by atomic mass is 10.0. The zero-order valence-electron chi connectivity index (χ0n) is 14.9. The fraction of sp³-hybridized carbons (Fsp3) is 0.238. The van der Waals surface area contributed by atoms with Crippen LogP contribution in [0, 0.1) is 11.3 Å². The first-order valence-electron chi connectivity index (χ1n) is 8.69. The molecule has 0 aliphatic carbocycles. The minimum atomic E-state index is -0.639. The number of thiazole rings is 1. The molecular weight excluding hydrogens is 358 g/mol. The number of para-hydroxylation sites is 2. The van der Waals surface area contributed by atoms with Crippen LogP contribution in [0.15, 0.2) is 53.9 Å². The van der Waals surface area contributed by atoms with Crippen LogP contribution in [0.25, 0.3) is 10.6 Å². The molecule has 0 radical (unpaired) electrons. The lowest BCUT2D eigenvalue weighted by molar-refractivity contribution is 0.0234. The average Bonchev–Trinajstić information content (AvgIpc) is 3.16. The van der Waals surface area contributed by atoms with Crippen molar-refractivity contribution in [1.29, 1.82) is 5.26 Å². The molecule has 0 fully saturated rings. The quantitative estimate of drug-likeness (QED) is 0.748. The van der Waals surface area contributed by atoms with Gasteiger partial charge in [-0.25, -0.2) is 4.98 Å². The van der Waals surface area contributed by atoms with Gasteiger partial charge in [0.15, 0.2) is 0 Å². The first-order chi connectivity index (χ1) is 13.1. The number of rotatable bonds is 4. The normalized spacial score (nSPS) is 18.5. The summed E-state index contributed by atoms with van der Waals surface area (Å²) in [4.78, 5) is 6.97. The molecule has 0 amide bonds. The second-order valence-corrected chi connectivity index (χ2v) is 7.73. The van der Waals surface area contributed by atoms with Crippen LogP contribution < -0.4 is 9.64 Å². The minimum Gasteiger partial charge on any atom is -0.481 e. The van der Waals surface area contributed by atoms with E-state index in [2.05, 4.69) is 16.3 Å². The number of aromatic nitrogens is 1. The smallest absolute Gasteiger partial charge is 0.147 e. The van der Waals surface area contributed by atoms with Crippen molar-refractivity contribution in [2.45, 2.75) is 19.1 Å². The first kappa shape index (κ1) is 17.5. The zero-order valence-corrected chi connectivity index (χ0v) is 15.7. The Balaban J connectivity index is 1.59. The Hall–Kier alpha value is -2.88. The van der Waals surface area contributed by atoms with Crippen molar-refractivity contribution in [3.05, 3.63) is 65.2 Å². The molecular formula is C21H19N3O2S. The van der Waals surface area contributed by atoms with Crippen LogP contribution in [-0.2, 0) is 6.54 Å². The second kappa shape index (κ2) is 7.03. The molecule has 4 rings (SSSR count). The largest absolute Gasteiger partial charge is 0.481 e. The summed E-state index contributed by atoms with van der Waals surface area (Å²) in [6.45, 7) is 3.09. The fourth-order valence-electron chi connectivity index (χ4n) is 3.21. The van der Waals surface area contributed by atoms with Gasteiger partial charge >= 0.3 is 0 Å². The van der Waals surface area contributed by atoms with Crippen LogP contribution >= 0.6 is 11.3 Å². The molecule has 1 N–H and O–H groups in total. The Morgan fingerprint density at radius 3 is 2.78 bits per heavy atom. The standard InChI is InChI=1S/C21H19N3O2S/c1-21(14-25)13-24(18-4-2-3-5-19(18)26-21)11-17-12-27-20(23-17)16-8-6-15(10-22)7-9-16/h2-9,12,25H,11,13-14H2,1H3. The van der Waals surface area contributed by atoms with E-state index in [0.717, 1.165) is 27.7 Å². The van der Waals surface area contributed by atoms with Crippen molar-refractivity contribution >= 4 is 17.0 Å². The van der Waals surface area contributed by atoms with Crippen LogP contribution in [0.4, 0.5) is 5.69 Å². The number of benzene rings is 2. The third-order valence-electron chi connectivity index (χ3n) is 4.59. The minimum absolute atomic E-state index is 0.0502. The summed E-state index contributed by atoms with van der Waals surface area (Å²) in [5.41, 5.74) is 2.99. The maximum atomic E-state index is 9.77. The van der Waals surface area contributed by atoms with E-state index in [4.69, 9.17) is 15.0 Å². The molecule has 0 bridgehead atoms. The highest BCUT2D eigenvalue weighted by Gasteiger charge is 2.35. The predicted molar refractivity (Wildman–Crippen MR) is 106 cm³/mol. The number of nitrogens with zero attached hydrogens (tertiary/aromatic N) is 3. The Morgan fingerprint density at radius 1 is 1.26 bits per heavy atom.